The van der Waals surface area contributed by atoms with Gasteiger partial charge in [0.25, 0.3) is 11.8 Å². The van der Waals surface area contributed by atoms with Crippen LogP contribution >= 0.6 is 0 Å². The first-order chi connectivity index (χ1) is 16.4. The number of aromatic nitrogens is 1. The van der Waals surface area contributed by atoms with Crippen molar-refractivity contribution in [1.82, 2.24) is 15.2 Å². The van der Waals surface area contributed by atoms with E-state index < -0.39 is 5.82 Å². The molecule has 2 amide bonds. The SMILES string of the molecule is COc1ccc(C(=O)NCCc2c(C)[nH]c3c(F)cc(C(=O)N4CCOCC4)cc23)cc1OC. The Hall–Kier alpha value is -3.59. The lowest BCUT2D eigenvalue weighted by molar-refractivity contribution is 0.0302. The Balaban J connectivity index is 1.50. The molecule has 4 rings (SSSR count). The fraction of sp³-hybridized carbons (Fsp3) is 0.360. The number of carbonyl (C=O) groups excluding carboxylic acids is 2. The molecule has 1 fully saturated rings. The number of hydrogen-bond donors (Lipinski definition) is 2. The number of carbonyl (C=O) groups is 2. The number of aryl methyl sites for hydroxylation is 1. The van der Waals surface area contributed by atoms with Crippen molar-refractivity contribution in [3.8, 4) is 11.5 Å². The fourth-order valence-corrected chi connectivity index (χ4v) is 4.21. The zero-order chi connectivity index (χ0) is 24.2. The topological polar surface area (TPSA) is 92.9 Å². The molecule has 2 N–H and O–H groups in total. The summed E-state index contributed by atoms with van der Waals surface area (Å²) in [7, 11) is 3.04. The molecule has 1 aliphatic rings. The molecule has 0 radical (unpaired) electrons. The number of benzene rings is 2. The number of hydrogen-bond acceptors (Lipinski definition) is 5. The second-order valence-electron chi connectivity index (χ2n) is 8.09. The molecule has 0 bridgehead atoms. The average Bonchev–Trinajstić information content (AvgIpc) is 3.19. The van der Waals surface area contributed by atoms with Crippen LogP contribution in [0.3, 0.4) is 0 Å². The Morgan fingerprint density at radius 3 is 2.53 bits per heavy atom. The van der Waals surface area contributed by atoms with E-state index in [9.17, 15) is 14.0 Å². The van der Waals surface area contributed by atoms with Gasteiger partial charge in [-0.3, -0.25) is 9.59 Å². The number of fused-ring (bicyclic) bond motifs is 1. The van der Waals surface area contributed by atoms with Gasteiger partial charge in [-0.1, -0.05) is 0 Å². The molecule has 2 aromatic carbocycles. The smallest absolute Gasteiger partial charge is 0.254 e. The Kier molecular flexibility index (Phi) is 7.02. The summed E-state index contributed by atoms with van der Waals surface area (Å²) < 4.78 is 30.6. The van der Waals surface area contributed by atoms with Crippen LogP contribution < -0.4 is 14.8 Å². The Bertz CT molecular complexity index is 1220. The molecular formula is C25H28FN3O5. The molecule has 3 aromatic rings. The van der Waals surface area contributed by atoms with E-state index in [0.29, 0.717) is 72.8 Å². The number of amides is 2. The Morgan fingerprint density at radius 1 is 1.09 bits per heavy atom. The quantitative estimate of drug-likeness (QED) is 0.555. The van der Waals surface area contributed by atoms with Crippen molar-refractivity contribution in [1.29, 1.82) is 0 Å². The maximum Gasteiger partial charge on any atom is 0.254 e. The lowest BCUT2D eigenvalue weighted by Crippen LogP contribution is -2.40. The summed E-state index contributed by atoms with van der Waals surface area (Å²) in [5.74, 6) is 0.0646. The van der Waals surface area contributed by atoms with Gasteiger partial charge in [0.05, 0.1) is 33.0 Å². The molecule has 0 atom stereocenters. The lowest BCUT2D eigenvalue weighted by atomic mass is 10.0. The normalized spacial score (nSPS) is 13.7. The van der Waals surface area contributed by atoms with Gasteiger partial charge in [-0.05, 0) is 49.2 Å². The molecule has 0 aliphatic carbocycles. The van der Waals surface area contributed by atoms with E-state index in [1.165, 1.54) is 20.3 Å². The summed E-state index contributed by atoms with van der Waals surface area (Å²) in [5.41, 5.74) is 2.76. The van der Waals surface area contributed by atoms with Gasteiger partial charge in [0.2, 0.25) is 0 Å². The molecule has 180 valence electrons. The van der Waals surface area contributed by atoms with Gasteiger partial charge in [0, 0.05) is 41.8 Å². The van der Waals surface area contributed by atoms with Gasteiger partial charge in [-0.25, -0.2) is 4.39 Å². The highest BCUT2D eigenvalue weighted by molar-refractivity contribution is 5.99. The average molecular weight is 470 g/mol. The predicted octanol–water partition coefficient (Wildman–Crippen LogP) is 3.08. The molecule has 8 nitrogen and oxygen atoms in total. The van der Waals surface area contributed by atoms with E-state index >= 15 is 0 Å². The van der Waals surface area contributed by atoms with E-state index in [-0.39, 0.29) is 11.8 Å². The van der Waals surface area contributed by atoms with Gasteiger partial charge < -0.3 is 29.4 Å². The zero-order valence-corrected chi connectivity index (χ0v) is 19.5. The second kappa shape index (κ2) is 10.1. The summed E-state index contributed by atoms with van der Waals surface area (Å²) in [6, 6.07) is 7.95. The Labute approximate surface area is 197 Å². The van der Waals surface area contributed by atoms with Crippen LogP contribution in [0.15, 0.2) is 30.3 Å². The highest BCUT2D eigenvalue weighted by Gasteiger charge is 2.22. The minimum Gasteiger partial charge on any atom is -0.493 e. The first-order valence-electron chi connectivity index (χ1n) is 11.1. The molecule has 0 spiro atoms. The van der Waals surface area contributed by atoms with Crippen molar-refractivity contribution in [2.24, 2.45) is 0 Å². The minimum atomic E-state index is -0.474. The summed E-state index contributed by atoms with van der Waals surface area (Å²) >= 11 is 0. The third-order valence-electron chi connectivity index (χ3n) is 6.03. The van der Waals surface area contributed by atoms with Crippen molar-refractivity contribution in [2.45, 2.75) is 13.3 Å². The van der Waals surface area contributed by atoms with Crippen LogP contribution in [0.2, 0.25) is 0 Å². The Morgan fingerprint density at radius 2 is 1.82 bits per heavy atom. The monoisotopic (exact) mass is 469 g/mol. The molecule has 0 saturated carbocycles. The number of H-pyrrole nitrogens is 1. The van der Waals surface area contributed by atoms with Crippen LogP contribution in [0.4, 0.5) is 4.39 Å². The van der Waals surface area contributed by atoms with E-state index in [2.05, 4.69) is 10.3 Å². The van der Waals surface area contributed by atoms with E-state index in [1.54, 1.807) is 29.2 Å². The molecule has 9 heteroatoms. The van der Waals surface area contributed by atoms with E-state index in [1.807, 2.05) is 6.92 Å². The molecule has 1 aromatic heterocycles. The number of halogens is 1. The first kappa shape index (κ1) is 23.6. The summed E-state index contributed by atoms with van der Waals surface area (Å²) in [5, 5.41) is 3.54. The van der Waals surface area contributed by atoms with Gasteiger partial charge in [0.15, 0.2) is 11.5 Å². The van der Waals surface area contributed by atoms with Crippen LogP contribution in [-0.4, -0.2) is 68.8 Å². The number of nitrogens with one attached hydrogen (secondary N) is 2. The van der Waals surface area contributed by atoms with Gasteiger partial charge in [-0.2, -0.15) is 0 Å². The molecule has 0 unspecified atom stereocenters. The molecule has 2 heterocycles. The summed E-state index contributed by atoms with van der Waals surface area (Å²) in [4.78, 5) is 30.3. The van der Waals surface area contributed by atoms with Crippen LogP contribution in [-0.2, 0) is 11.2 Å². The largest absolute Gasteiger partial charge is 0.493 e. The van der Waals surface area contributed by atoms with Crippen LogP contribution in [0, 0.1) is 12.7 Å². The highest BCUT2D eigenvalue weighted by atomic mass is 19.1. The van der Waals surface area contributed by atoms with Crippen molar-refractivity contribution < 1.29 is 28.2 Å². The van der Waals surface area contributed by atoms with Gasteiger partial charge in [-0.15, -0.1) is 0 Å². The molecule has 1 aliphatic heterocycles. The summed E-state index contributed by atoms with van der Waals surface area (Å²) in [6.45, 7) is 4.12. The van der Waals surface area contributed by atoms with Crippen LogP contribution in [0.25, 0.3) is 10.9 Å². The number of nitrogens with zero attached hydrogens (tertiary/aromatic N) is 1. The van der Waals surface area contributed by atoms with E-state index in [4.69, 9.17) is 14.2 Å². The predicted molar refractivity (Wildman–Crippen MR) is 125 cm³/mol. The second-order valence-corrected chi connectivity index (χ2v) is 8.09. The minimum absolute atomic E-state index is 0.212. The van der Waals surface area contributed by atoms with Crippen molar-refractivity contribution in [3.63, 3.8) is 0 Å². The first-order valence-corrected chi connectivity index (χ1v) is 11.1. The maximum absolute atomic E-state index is 14.9. The number of aromatic amines is 1. The zero-order valence-electron chi connectivity index (χ0n) is 19.5. The summed E-state index contributed by atoms with van der Waals surface area (Å²) in [6.07, 6.45) is 0.472. The third-order valence-corrected chi connectivity index (χ3v) is 6.03. The maximum atomic E-state index is 14.9. The standard InChI is InChI=1S/C25H28FN3O5/c1-15-18(6-7-27-24(30)16-4-5-21(32-2)22(14-16)33-3)19-12-17(13-20(26)23(19)28-15)25(31)29-8-10-34-11-9-29/h4-5,12-14,28H,6-11H2,1-3H3,(H,27,30). The fourth-order valence-electron chi connectivity index (χ4n) is 4.21. The molecule has 34 heavy (non-hydrogen) atoms. The van der Waals surface area contributed by atoms with Crippen LogP contribution in [0.5, 0.6) is 11.5 Å². The van der Waals surface area contributed by atoms with Crippen molar-refractivity contribution in [2.75, 3.05) is 47.1 Å². The molecular weight excluding hydrogens is 441 g/mol. The highest BCUT2D eigenvalue weighted by Crippen LogP contribution is 2.28. The number of ether oxygens (including phenoxy) is 3. The van der Waals surface area contributed by atoms with Crippen molar-refractivity contribution >= 4 is 22.7 Å². The number of morpholine rings is 1. The number of rotatable bonds is 7. The third kappa shape index (κ3) is 4.70. The van der Waals surface area contributed by atoms with Gasteiger partial charge in [0.1, 0.15) is 5.82 Å². The number of methoxy groups -OCH3 is 2. The van der Waals surface area contributed by atoms with Crippen molar-refractivity contribution in [3.05, 3.63) is 58.5 Å². The van der Waals surface area contributed by atoms with E-state index in [0.717, 1.165) is 11.3 Å². The molecule has 1 saturated heterocycles. The van der Waals surface area contributed by atoms with Gasteiger partial charge >= 0.3 is 0 Å². The lowest BCUT2D eigenvalue weighted by Gasteiger charge is -2.27. The van der Waals surface area contributed by atoms with Crippen LogP contribution in [0.1, 0.15) is 32.0 Å².